The summed E-state index contributed by atoms with van der Waals surface area (Å²) in [5.74, 6) is 0.318. The largest absolute Gasteiger partial charge is 0.493 e. The van der Waals surface area contributed by atoms with Gasteiger partial charge in [-0.15, -0.1) is 0 Å². The van der Waals surface area contributed by atoms with Crippen LogP contribution in [0.1, 0.15) is 6.92 Å². The number of aliphatic imine (C=N–C) groups is 1. The van der Waals surface area contributed by atoms with Crippen LogP contribution in [-0.4, -0.2) is 28.8 Å². The molecule has 8 heteroatoms. The minimum Gasteiger partial charge on any atom is -0.493 e. The van der Waals surface area contributed by atoms with Gasteiger partial charge in [0, 0.05) is 28.5 Å². The minimum atomic E-state index is -0.193. The summed E-state index contributed by atoms with van der Waals surface area (Å²) < 4.78 is 5.69. The van der Waals surface area contributed by atoms with Gasteiger partial charge in [-0.2, -0.15) is 9.97 Å². The molecule has 29 heavy (non-hydrogen) atoms. The van der Waals surface area contributed by atoms with E-state index in [2.05, 4.69) is 21.7 Å². The van der Waals surface area contributed by atoms with Gasteiger partial charge in [0.2, 0.25) is 5.88 Å². The molecule has 0 saturated carbocycles. The molecule has 0 amide bonds. The van der Waals surface area contributed by atoms with Crippen molar-refractivity contribution in [3.63, 3.8) is 0 Å². The summed E-state index contributed by atoms with van der Waals surface area (Å²) in [6, 6.07) is 12.6. The van der Waals surface area contributed by atoms with E-state index >= 15 is 0 Å². The Balaban J connectivity index is 1.86. The van der Waals surface area contributed by atoms with Crippen molar-refractivity contribution in [3.8, 4) is 17.6 Å². The maximum Gasteiger partial charge on any atom is 0.325 e. The summed E-state index contributed by atoms with van der Waals surface area (Å²) in [4.78, 5) is 13.9. The SMILES string of the molecule is C=N/C=c1/nc(Oc2ccc(N(C)c3cc(Cl)cc(Cl)c3)cc2)nc(O)/c1=C/C. The van der Waals surface area contributed by atoms with Crippen LogP contribution in [-0.2, 0) is 0 Å². The van der Waals surface area contributed by atoms with Gasteiger partial charge >= 0.3 is 6.01 Å². The second-order valence-electron chi connectivity index (χ2n) is 6.01. The molecular formula is C21H18Cl2N4O2. The highest BCUT2D eigenvalue weighted by Crippen LogP contribution is 2.30. The highest BCUT2D eigenvalue weighted by Gasteiger charge is 2.09. The van der Waals surface area contributed by atoms with Crippen molar-refractivity contribution in [2.45, 2.75) is 6.92 Å². The van der Waals surface area contributed by atoms with Crippen molar-refractivity contribution in [2.24, 2.45) is 4.99 Å². The smallest absolute Gasteiger partial charge is 0.325 e. The topological polar surface area (TPSA) is 70.8 Å². The Morgan fingerprint density at radius 2 is 1.72 bits per heavy atom. The predicted molar refractivity (Wildman–Crippen MR) is 118 cm³/mol. The summed E-state index contributed by atoms with van der Waals surface area (Å²) >= 11 is 12.2. The number of rotatable bonds is 5. The highest BCUT2D eigenvalue weighted by atomic mass is 35.5. The molecule has 0 fully saturated rings. The van der Waals surface area contributed by atoms with E-state index in [0.717, 1.165) is 11.4 Å². The van der Waals surface area contributed by atoms with Crippen molar-refractivity contribution < 1.29 is 9.84 Å². The third-order valence-corrected chi connectivity index (χ3v) is 4.54. The standard InChI is InChI=1S/C21H18Cl2N4O2/c1-4-18-19(12-24-2)25-21(26-20(18)28)29-17-7-5-15(6-8-17)27(3)16-10-13(22)9-14(23)11-16/h4-12H,2H2,1,3H3,(H,25,26,28)/b18-4+,19-12+. The Hall–Kier alpha value is -3.09. The Morgan fingerprint density at radius 3 is 2.31 bits per heavy atom. The number of nitrogens with zero attached hydrogens (tertiary/aromatic N) is 4. The molecule has 0 atom stereocenters. The van der Waals surface area contributed by atoms with Crippen molar-refractivity contribution in [2.75, 3.05) is 11.9 Å². The fraction of sp³-hybridized carbons (Fsp3) is 0.0952. The van der Waals surface area contributed by atoms with E-state index in [1.807, 2.05) is 36.2 Å². The molecule has 148 valence electrons. The van der Waals surface area contributed by atoms with Crippen molar-refractivity contribution >= 4 is 53.6 Å². The molecule has 1 N–H and O–H groups in total. The molecule has 0 aliphatic heterocycles. The zero-order valence-corrected chi connectivity index (χ0v) is 17.3. The first-order valence-corrected chi connectivity index (χ1v) is 9.34. The van der Waals surface area contributed by atoms with Gasteiger partial charge in [0.25, 0.3) is 0 Å². The first-order chi connectivity index (χ1) is 13.9. The number of benzene rings is 2. The van der Waals surface area contributed by atoms with Crippen LogP contribution in [0, 0.1) is 0 Å². The van der Waals surface area contributed by atoms with Crippen LogP contribution >= 0.6 is 23.2 Å². The molecule has 3 aromatic rings. The fourth-order valence-electron chi connectivity index (χ4n) is 2.69. The highest BCUT2D eigenvalue weighted by molar-refractivity contribution is 6.35. The van der Waals surface area contributed by atoms with Crippen LogP contribution in [0.5, 0.6) is 17.6 Å². The van der Waals surface area contributed by atoms with Crippen LogP contribution in [0.3, 0.4) is 0 Å². The number of ether oxygens (including phenoxy) is 1. The number of hydrogen-bond acceptors (Lipinski definition) is 6. The minimum absolute atomic E-state index is 0.00530. The maximum atomic E-state index is 10.1. The Labute approximate surface area is 178 Å². The molecule has 3 rings (SSSR count). The summed E-state index contributed by atoms with van der Waals surface area (Å²) in [7, 11) is 1.91. The number of aromatic nitrogens is 2. The zero-order chi connectivity index (χ0) is 21.0. The van der Waals surface area contributed by atoms with Crippen LogP contribution < -0.4 is 20.2 Å². The summed E-state index contributed by atoms with van der Waals surface area (Å²) in [6.45, 7) is 5.18. The lowest BCUT2D eigenvalue weighted by atomic mass is 10.2. The van der Waals surface area contributed by atoms with Crippen LogP contribution in [0.4, 0.5) is 11.4 Å². The number of hydrogen-bond donors (Lipinski definition) is 1. The number of anilines is 2. The lowest BCUT2D eigenvalue weighted by Gasteiger charge is -2.20. The van der Waals surface area contributed by atoms with E-state index in [1.165, 1.54) is 6.20 Å². The Kier molecular flexibility index (Phi) is 6.36. The van der Waals surface area contributed by atoms with Crippen molar-refractivity contribution in [1.82, 2.24) is 9.97 Å². The maximum absolute atomic E-state index is 10.1. The van der Waals surface area contributed by atoms with Crippen LogP contribution in [0.2, 0.25) is 10.0 Å². The summed E-state index contributed by atoms with van der Waals surface area (Å²) in [5.41, 5.74) is 1.76. The van der Waals surface area contributed by atoms with E-state index in [-0.39, 0.29) is 11.9 Å². The first kappa shape index (κ1) is 20.6. The van der Waals surface area contributed by atoms with Gasteiger partial charge in [-0.1, -0.05) is 29.3 Å². The fourth-order valence-corrected chi connectivity index (χ4v) is 3.20. The van der Waals surface area contributed by atoms with Gasteiger partial charge in [0.05, 0.1) is 16.8 Å². The molecule has 1 heterocycles. The van der Waals surface area contributed by atoms with Crippen molar-refractivity contribution in [1.29, 1.82) is 0 Å². The lowest BCUT2D eigenvalue weighted by molar-refractivity contribution is 0.400. The average Bonchev–Trinajstić information content (AvgIpc) is 2.67. The second kappa shape index (κ2) is 8.94. The summed E-state index contributed by atoms with van der Waals surface area (Å²) in [5, 5.41) is 12.1. The molecule has 0 unspecified atom stereocenters. The number of aromatic hydroxyl groups is 1. The van der Waals surface area contributed by atoms with E-state index in [4.69, 9.17) is 27.9 Å². The first-order valence-electron chi connectivity index (χ1n) is 8.58. The molecule has 0 spiro atoms. The monoisotopic (exact) mass is 428 g/mol. The molecule has 6 nitrogen and oxygen atoms in total. The second-order valence-corrected chi connectivity index (χ2v) is 6.88. The van der Waals surface area contributed by atoms with Gasteiger partial charge in [-0.3, -0.25) is 4.99 Å². The third-order valence-electron chi connectivity index (χ3n) is 4.10. The number of halogens is 2. The van der Waals surface area contributed by atoms with Gasteiger partial charge < -0.3 is 14.7 Å². The molecule has 0 saturated heterocycles. The van der Waals surface area contributed by atoms with Crippen LogP contribution in [0.25, 0.3) is 12.3 Å². The summed E-state index contributed by atoms with van der Waals surface area (Å²) in [6.07, 6.45) is 3.11. The van der Waals surface area contributed by atoms with E-state index < -0.39 is 0 Å². The predicted octanol–water partition coefficient (Wildman–Crippen LogP) is 4.29. The van der Waals surface area contributed by atoms with E-state index in [9.17, 15) is 5.11 Å². The van der Waals surface area contributed by atoms with Gasteiger partial charge in [0.1, 0.15) is 5.75 Å². The quantitative estimate of drug-likeness (QED) is 0.613. The molecular weight excluding hydrogens is 411 g/mol. The van der Waals surface area contributed by atoms with Gasteiger partial charge in [0.15, 0.2) is 0 Å². The van der Waals surface area contributed by atoms with E-state index in [0.29, 0.717) is 26.4 Å². The molecule has 1 aromatic heterocycles. The van der Waals surface area contributed by atoms with Crippen molar-refractivity contribution in [3.05, 3.63) is 63.1 Å². The van der Waals surface area contributed by atoms with Gasteiger partial charge in [-0.05, 0) is 56.1 Å². The van der Waals surface area contributed by atoms with Crippen LogP contribution in [0.15, 0.2) is 47.5 Å². The molecule has 2 aromatic carbocycles. The Morgan fingerprint density at radius 1 is 1.07 bits per heavy atom. The lowest BCUT2D eigenvalue weighted by Crippen LogP contribution is -2.29. The zero-order valence-electron chi connectivity index (χ0n) is 15.8. The molecule has 0 aliphatic carbocycles. The third kappa shape index (κ3) is 4.85. The molecule has 0 radical (unpaired) electrons. The molecule has 0 bridgehead atoms. The molecule has 0 aliphatic rings. The average molecular weight is 429 g/mol. The Bertz CT molecular complexity index is 1140. The van der Waals surface area contributed by atoms with E-state index in [1.54, 1.807) is 31.2 Å². The normalized spacial score (nSPS) is 12.1. The van der Waals surface area contributed by atoms with Gasteiger partial charge in [-0.25, -0.2) is 0 Å².